The summed E-state index contributed by atoms with van der Waals surface area (Å²) in [4.78, 5) is 16.8. The molecule has 1 saturated heterocycles. The molecule has 1 amide bonds. The maximum Gasteiger partial charge on any atom is 0.242 e. The summed E-state index contributed by atoms with van der Waals surface area (Å²) in [7, 11) is 0. The molecule has 1 aliphatic carbocycles. The van der Waals surface area contributed by atoms with Crippen LogP contribution in [0.15, 0.2) is 0 Å². The van der Waals surface area contributed by atoms with E-state index < -0.39 is 5.54 Å². The molecule has 0 bridgehead atoms. The lowest BCUT2D eigenvalue weighted by molar-refractivity contribution is -0.136. The summed E-state index contributed by atoms with van der Waals surface area (Å²) in [6, 6.07) is 0. The van der Waals surface area contributed by atoms with E-state index in [4.69, 9.17) is 10.5 Å². The summed E-state index contributed by atoms with van der Waals surface area (Å²) in [5, 5.41) is 0. The molecule has 21 heavy (non-hydrogen) atoms. The summed E-state index contributed by atoms with van der Waals surface area (Å²) in [5.74, 6) is 0.148. The number of rotatable bonds is 7. The second-order valence-corrected chi connectivity index (χ2v) is 6.42. The topological polar surface area (TPSA) is 58.8 Å². The first-order chi connectivity index (χ1) is 10.1. The number of amides is 1. The van der Waals surface area contributed by atoms with Crippen LogP contribution < -0.4 is 5.73 Å². The Balaban J connectivity index is 1.72. The largest absolute Gasteiger partial charge is 0.375 e. The van der Waals surface area contributed by atoms with Gasteiger partial charge in [0.1, 0.15) is 0 Å². The van der Waals surface area contributed by atoms with Gasteiger partial charge in [-0.25, -0.2) is 0 Å². The third-order valence-corrected chi connectivity index (χ3v) is 5.01. The van der Waals surface area contributed by atoms with Crippen molar-refractivity contribution in [3.63, 3.8) is 0 Å². The van der Waals surface area contributed by atoms with Gasteiger partial charge in [0, 0.05) is 19.6 Å². The number of likely N-dealkylation sites (N-methyl/N-ethyl adjacent to an activating group) is 1. The quantitative estimate of drug-likeness (QED) is 0.767. The van der Waals surface area contributed by atoms with Crippen LogP contribution in [0.2, 0.25) is 0 Å². The second kappa shape index (κ2) is 7.56. The van der Waals surface area contributed by atoms with E-state index in [0.29, 0.717) is 0 Å². The second-order valence-electron chi connectivity index (χ2n) is 6.42. The van der Waals surface area contributed by atoms with Gasteiger partial charge >= 0.3 is 0 Å². The number of nitrogens with two attached hydrogens (primary N) is 1. The number of carbonyl (C=O) groups is 1. The van der Waals surface area contributed by atoms with Crippen LogP contribution in [0.4, 0.5) is 0 Å². The van der Waals surface area contributed by atoms with Gasteiger partial charge in [0.2, 0.25) is 5.91 Å². The minimum atomic E-state index is -0.587. The van der Waals surface area contributed by atoms with Crippen molar-refractivity contribution in [3.8, 4) is 0 Å². The molecule has 2 rings (SSSR count). The number of ether oxygens (including phenoxy) is 1. The molecular weight excluding hydrogens is 266 g/mol. The van der Waals surface area contributed by atoms with Crippen molar-refractivity contribution in [3.05, 3.63) is 0 Å². The molecule has 1 atom stereocenters. The molecule has 2 aliphatic rings. The van der Waals surface area contributed by atoms with Crippen molar-refractivity contribution in [1.82, 2.24) is 9.80 Å². The van der Waals surface area contributed by atoms with Crippen LogP contribution in [0.1, 0.15) is 46.0 Å². The summed E-state index contributed by atoms with van der Waals surface area (Å²) < 4.78 is 5.94. The third kappa shape index (κ3) is 4.18. The molecule has 0 aromatic carbocycles. The highest BCUT2D eigenvalue weighted by Gasteiger charge is 2.41. The first-order valence-corrected chi connectivity index (χ1v) is 8.51. The van der Waals surface area contributed by atoms with E-state index in [0.717, 1.165) is 71.4 Å². The predicted molar refractivity (Wildman–Crippen MR) is 84.1 cm³/mol. The summed E-state index contributed by atoms with van der Waals surface area (Å²) in [5.41, 5.74) is 5.68. The molecule has 1 heterocycles. The third-order valence-electron chi connectivity index (χ3n) is 5.01. The highest BCUT2D eigenvalue weighted by molar-refractivity contribution is 5.86. The standard InChI is InChI=1S/C16H31N3O2/c1-3-18(4-2)11-12-21-14-7-10-19(13-14)15(20)16(17)8-5-6-9-16/h14H,3-13,17H2,1-2H3. The molecule has 1 saturated carbocycles. The van der Waals surface area contributed by atoms with E-state index in [2.05, 4.69) is 18.7 Å². The van der Waals surface area contributed by atoms with Crippen LogP contribution in [0.5, 0.6) is 0 Å². The average Bonchev–Trinajstić information content (AvgIpc) is 3.13. The Bertz CT molecular complexity index is 338. The van der Waals surface area contributed by atoms with E-state index in [9.17, 15) is 4.79 Å². The zero-order valence-electron chi connectivity index (χ0n) is 13.6. The highest BCUT2D eigenvalue weighted by atomic mass is 16.5. The van der Waals surface area contributed by atoms with Crippen LogP contribution in [0, 0.1) is 0 Å². The van der Waals surface area contributed by atoms with Gasteiger partial charge in [0.25, 0.3) is 0 Å². The van der Waals surface area contributed by atoms with Crippen LogP contribution in [0.25, 0.3) is 0 Å². The number of nitrogens with zero attached hydrogens (tertiary/aromatic N) is 2. The fourth-order valence-electron chi connectivity index (χ4n) is 3.47. The lowest BCUT2D eigenvalue weighted by Gasteiger charge is -2.28. The number of likely N-dealkylation sites (tertiary alicyclic amines) is 1. The molecule has 0 aromatic heterocycles. The molecule has 5 nitrogen and oxygen atoms in total. The van der Waals surface area contributed by atoms with Gasteiger partial charge in [-0.15, -0.1) is 0 Å². The van der Waals surface area contributed by atoms with Crippen molar-refractivity contribution in [2.24, 2.45) is 5.73 Å². The molecule has 0 aromatic rings. The fraction of sp³-hybridized carbons (Fsp3) is 0.938. The fourth-order valence-corrected chi connectivity index (χ4v) is 3.47. The molecule has 2 N–H and O–H groups in total. The van der Waals surface area contributed by atoms with Gasteiger partial charge in [-0.05, 0) is 32.4 Å². The normalized spacial score (nSPS) is 25.0. The van der Waals surface area contributed by atoms with Gasteiger partial charge in [-0.1, -0.05) is 26.7 Å². The lowest BCUT2D eigenvalue weighted by atomic mass is 9.97. The molecule has 0 radical (unpaired) electrons. The molecule has 2 fully saturated rings. The van der Waals surface area contributed by atoms with E-state index in [1.807, 2.05) is 4.90 Å². The van der Waals surface area contributed by atoms with Crippen LogP contribution in [-0.2, 0) is 9.53 Å². The Morgan fingerprint density at radius 2 is 2.00 bits per heavy atom. The van der Waals surface area contributed by atoms with Gasteiger partial charge < -0.3 is 20.3 Å². The molecule has 1 aliphatic heterocycles. The summed E-state index contributed by atoms with van der Waals surface area (Å²) in [6.45, 7) is 9.70. The Morgan fingerprint density at radius 1 is 1.33 bits per heavy atom. The monoisotopic (exact) mass is 297 g/mol. The zero-order chi connectivity index (χ0) is 15.3. The van der Waals surface area contributed by atoms with Crippen molar-refractivity contribution < 1.29 is 9.53 Å². The van der Waals surface area contributed by atoms with Gasteiger partial charge in [0.05, 0.1) is 18.2 Å². The van der Waals surface area contributed by atoms with E-state index >= 15 is 0 Å². The summed E-state index contributed by atoms with van der Waals surface area (Å²) >= 11 is 0. The minimum absolute atomic E-state index is 0.148. The Hall–Kier alpha value is -0.650. The zero-order valence-corrected chi connectivity index (χ0v) is 13.6. The molecule has 0 spiro atoms. The highest BCUT2D eigenvalue weighted by Crippen LogP contribution is 2.30. The SMILES string of the molecule is CCN(CC)CCOC1CCN(C(=O)C2(N)CCCC2)C1. The van der Waals surface area contributed by atoms with E-state index in [-0.39, 0.29) is 12.0 Å². The van der Waals surface area contributed by atoms with Crippen LogP contribution >= 0.6 is 0 Å². The van der Waals surface area contributed by atoms with Crippen molar-refractivity contribution >= 4 is 5.91 Å². The Kier molecular flexibility index (Phi) is 6.02. The predicted octanol–water partition coefficient (Wildman–Crippen LogP) is 1.22. The average molecular weight is 297 g/mol. The number of hydrogen-bond donors (Lipinski definition) is 1. The summed E-state index contributed by atoms with van der Waals surface area (Å²) in [6.07, 6.45) is 4.99. The first-order valence-electron chi connectivity index (χ1n) is 8.51. The molecule has 1 unspecified atom stereocenters. The maximum atomic E-state index is 12.5. The van der Waals surface area contributed by atoms with Gasteiger partial charge in [-0.3, -0.25) is 4.79 Å². The van der Waals surface area contributed by atoms with E-state index in [1.54, 1.807) is 0 Å². The molecular formula is C16H31N3O2. The van der Waals surface area contributed by atoms with Crippen molar-refractivity contribution in [2.75, 3.05) is 39.3 Å². The number of hydrogen-bond acceptors (Lipinski definition) is 4. The van der Waals surface area contributed by atoms with Crippen LogP contribution in [-0.4, -0.2) is 66.7 Å². The number of carbonyl (C=O) groups excluding carboxylic acids is 1. The first kappa shape index (κ1) is 16.7. The van der Waals surface area contributed by atoms with Crippen molar-refractivity contribution in [1.29, 1.82) is 0 Å². The Labute approximate surface area is 128 Å². The smallest absolute Gasteiger partial charge is 0.242 e. The maximum absolute atomic E-state index is 12.5. The molecule has 122 valence electrons. The van der Waals surface area contributed by atoms with E-state index in [1.165, 1.54) is 0 Å². The van der Waals surface area contributed by atoms with Gasteiger partial charge in [-0.2, -0.15) is 0 Å². The molecule has 5 heteroatoms. The van der Waals surface area contributed by atoms with Gasteiger partial charge in [0.15, 0.2) is 0 Å². The minimum Gasteiger partial charge on any atom is -0.375 e. The lowest BCUT2D eigenvalue weighted by Crippen LogP contribution is -2.53. The van der Waals surface area contributed by atoms with Crippen LogP contribution in [0.3, 0.4) is 0 Å². The Morgan fingerprint density at radius 3 is 2.62 bits per heavy atom. The van der Waals surface area contributed by atoms with Crippen molar-refractivity contribution in [2.45, 2.75) is 57.6 Å².